The molecule has 0 aromatic heterocycles. The van der Waals surface area contributed by atoms with Crippen LogP contribution in [0.15, 0.2) is 18.2 Å². The number of rotatable bonds is 4. The second-order valence-electron chi connectivity index (χ2n) is 5.70. The van der Waals surface area contributed by atoms with E-state index in [1.54, 1.807) is 0 Å². The summed E-state index contributed by atoms with van der Waals surface area (Å²) >= 11 is 0. The van der Waals surface area contributed by atoms with Gasteiger partial charge in [0.2, 0.25) is 0 Å². The van der Waals surface area contributed by atoms with Crippen LogP contribution in [0.4, 0.5) is 0 Å². The van der Waals surface area contributed by atoms with E-state index < -0.39 is 5.97 Å². The number of carbonyl (C=O) groups is 1. The van der Waals surface area contributed by atoms with E-state index >= 15 is 0 Å². The molecule has 1 aromatic rings. The van der Waals surface area contributed by atoms with Gasteiger partial charge in [0.05, 0.1) is 5.92 Å². The fourth-order valence-corrected chi connectivity index (χ4v) is 2.78. The second kappa shape index (κ2) is 6.20. The predicted molar refractivity (Wildman–Crippen MR) is 76.1 cm³/mol. The summed E-state index contributed by atoms with van der Waals surface area (Å²) in [5.41, 5.74) is 3.90. The summed E-state index contributed by atoms with van der Waals surface area (Å²) in [5, 5.41) is 12.6. The molecule has 3 nitrogen and oxygen atoms in total. The molecule has 0 heterocycles. The minimum Gasteiger partial charge on any atom is -0.481 e. The zero-order chi connectivity index (χ0) is 13.8. The Hall–Kier alpha value is -1.35. The Morgan fingerprint density at radius 2 is 2.11 bits per heavy atom. The highest BCUT2D eigenvalue weighted by molar-refractivity contribution is 5.70. The first-order valence-corrected chi connectivity index (χ1v) is 7.08. The van der Waals surface area contributed by atoms with E-state index in [2.05, 4.69) is 37.4 Å². The third-order valence-corrected chi connectivity index (χ3v) is 4.19. The van der Waals surface area contributed by atoms with E-state index in [1.165, 1.54) is 16.7 Å². The minimum atomic E-state index is -0.641. The van der Waals surface area contributed by atoms with Crippen molar-refractivity contribution in [1.29, 1.82) is 0 Å². The van der Waals surface area contributed by atoms with Crippen molar-refractivity contribution in [3.63, 3.8) is 0 Å². The Balaban J connectivity index is 1.87. The van der Waals surface area contributed by atoms with Gasteiger partial charge in [-0.3, -0.25) is 4.79 Å². The molecule has 0 radical (unpaired) electrons. The Morgan fingerprint density at radius 1 is 1.32 bits per heavy atom. The van der Waals surface area contributed by atoms with E-state index in [0.29, 0.717) is 6.04 Å². The van der Waals surface area contributed by atoms with E-state index in [1.807, 2.05) is 0 Å². The van der Waals surface area contributed by atoms with Gasteiger partial charge in [0.25, 0.3) is 0 Å². The molecule has 0 aliphatic heterocycles. The van der Waals surface area contributed by atoms with E-state index in [4.69, 9.17) is 5.11 Å². The fourth-order valence-electron chi connectivity index (χ4n) is 2.78. The highest BCUT2D eigenvalue weighted by atomic mass is 16.4. The van der Waals surface area contributed by atoms with Crippen LogP contribution in [0.3, 0.4) is 0 Å². The summed E-state index contributed by atoms with van der Waals surface area (Å²) in [5.74, 6) is -0.802. The van der Waals surface area contributed by atoms with Crippen molar-refractivity contribution < 1.29 is 9.90 Å². The molecule has 0 saturated heterocycles. The largest absolute Gasteiger partial charge is 0.481 e. The molecule has 0 bridgehead atoms. The maximum Gasteiger partial charge on any atom is 0.306 e. The van der Waals surface area contributed by atoms with E-state index in [-0.39, 0.29) is 5.92 Å². The summed E-state index contributed by atoms with van der Waals surface area (Å²) in [6.07, 6.45) is 3.70. The third kappa shape index (κ3) is 3.80. The quantitative estimate of drug-likeness (QED) is 0.876. The number of carboxylic acids is 1. The molecular weight excluding hydrogens is 238 g/mol. The highest BCUT2D eigenvalue weighted by Crippen LogP contribution is 2.24. The minimum absolute atomic E-state index is 0.161. The van der Waals surface area contributed by atoms with Crippen LogP contribution in [0, 0.1) is 19.8 Å². The van der Waals surface area contributed by atoms with Crippen molar-refractivity contribution in [2.24, 2.45) is 5.92 Å². The van der Waals surface area contributed by atoms with Gasteiger partial charge in [-0.25, -0.2) is 0 Å². The van der Waals surface area contributed by atoms with E-state index in [0.717, 1.165) is 32.2 Å². The van der Waals surface area contributed by atoms with Crippen LogP contribution in [-0.4, -0.2) is 17.1 Å². The van der Waals surface area contributed by atoms with Crippen LogP contribution in [0.5, 0.6) is 0 Å². The third-order valence-electron chi connectivity index (χ3n) is 4.19. The van der Waals surface area contributed by atoms with Crippen LogP contribution in [0.1, 0.15) is 42.4 Å². The SMILES string of the molecule is Cc1ccc(CNC2CCCC(C(=O)O)C2)cc1C. The molecule has 1 aliphatic carbocycles. The molecule has 19 heavy (non-hydrogen) atoms. The smallest absolute Gasteiger partial charge is 0.306 e. The number of hydrogen-bond donors (Lipinski definition) is 2. The summed E-state index contributed by atoms with van der Waals surface area (Å²) in [4.78, 5) is 11.0. The molecule has 2 N–H and O–H groups in total. The second-order valence-corrected chi connectivity index (χ2v) is 5.70. The molecule has 1 saturated carbocycles. The van der Waals surface area contributed by atoms with Crippen molar-refractivity contribution in [3.05, 3.63) is 34.9 Å². The van der Waals surface area contributed by atoms with Gasteiger partial charge in [0, 0.05) is 12.6 Å². The number of benzene rings is 1. The highest BCUT2D eigenvalue weighted by Gasteiger charge is 2.26. The lowest BCUT2D eigenvalue weighted by atomic mass is 9.85. The summed E-state index contributed by atoms with van der Waals surface area (Å²) in [6, 6.07) is 6.84. The molecule has 1 aliphatic rings. The first kappa shape index (κ1) is 14.1. The zero-order valence-electron chi connectivity index (χ0n) is 11.8. The summed E-state index contributed by atoms with van der Waals surface area (Å²) in [6.45, 7) is 5.07. The number of aryl methyl sites for hydroxylation is 2. The monoisotopic (exact) mass is 261 g/mol. The summed E-state index contributed by atoms with van der Waals surface area (Å²) < 4.78 is 0. The average Bonchev–Trinajstić information content (AvgIpc) is 2.40. The lowest BCUT2D eigenvalue weighted by Gasteiger charge is -2.27. The van der Waals surface area contributed by atoms with E-state index in [9.17, 15) is 4.79 Å². The van der Waals surface area contributed by atoms with Crippen molar-refractivity contribution >= 4 is 5.97 Å². The Morgan fingerprint density at radius 3 is 2.79 bits per heavy atom. The molecule has 1 aromatic carbocycles. The fraction of sp³-hybridized carbons (Fsp3) is 0.562. The molecule has 2 unspecified atom stereocenters. The Bertz CT molecular complexity index is 456. The number of aliphatic carboxylic acids is 1. The first-order valence-electron chi connectivity index (χ1n) is 7.08. The van der Waals surface area contributed by atoms with Crippen molar-refractivity contribution in [2.45, 2.75) is 52.1 Å². The van der Waals surface area contributed by atoms with Gasteiger partial charge in [0.1, 0.15) is 0 Å². The number of hydrogen-bond acceptors (Lipinski definition) is 2. The lowest BCUT2D eigenvalue weighted by molar-refractivity contribution is -0.143. The molecule has 2 rings (SSSR count). The van der Waals surface area contributed by atoms with Gasteiger partial charge in [-0.2, -0.15) is 0 Å². The van der Waals surface area contributed by atoms with Crippen molar-refractivity contribution in [3.8, 4) is 0 Å². The first-order chi connectivity index (χ1) is 9.06. The van der Waals surface area contributed by atoms with Gasteiger partial charge >= 0.3 is 5.97 Å². The maximum atomic E-state index is 11.0. The van der Waals surface area contributed by atoms with Crippen LogP contribution < -0.4 is 5.32 Å². The zero-order valence-corrected chi connectivity index (χ0v) is 11.8. The van der Waals surface area contributed by atoms with Crippen LogP contribution in [0.25, 0.3) is 0 Å². The normalized spacial score (nSPS) is 23.3. The molecule has 0 spiro atoms. The van der Waals surface area contributed by atoms with Gasteiger partial charge < -0.3 is 10.4 Å². The molecule has 104 valence electrons. The average molecular weight is 261 g/mol. The van der Waals surface area contributed by atoms with Crippen molar-refractivity contribution in [1.82, 2.24) is 5.32 Å². The number of carboxylic acid groups (broad SMARTS) is 1. The van der Waals surface area contributed by atoms with Crippen LogP contribution in [-0.2, 0) is 11.3 Å². The lowest BCUT2D eigenvalue weighted by Crippen LogP contribution is -2.36. The van der Waals surface area contributed by atoms with Crippen LogP contribution in [0.2, 0.25) is 0 Å². The Kier molecular flexibility index (Phi) is 4.59. The molecule has 1 fully saturated rings. The van der Waals surface area contributed by atoms with Crippen LogP contribution >= 0.6 is 0 Å². The van der Waals surface area contributed by atoms with Gasteiger partial charge in [-0.1, -0.05) is 24.6 Å². The summed E-state index contributed by atoms with van der Waals surface area (Å²) in [7, 11) is 0. The topological polar surface area (TPSA) is 49.3 Å². The predicted octanol–water partition coefficient (Wildman–Crippen LogP) is 3.04. The number of nitrogens with one attached hydrogen (secondary N) is 1. The van der Waals surface area contributed by atoms with Crippen molar-refractivity contribution in [2.75, 3.05) is 0 Å². The maximum absolute atomic E-state index is 11.0. The molecule has 2 atom stereocenters. The van der Waals surface area contributed by atoms with Gasteiger partial charge in [-0.05, 0) is 49.8 Å². The molecule has 0 amide bonds. The Labute approximate surface area is 115 Å². The van der Waals surface area contributed by atoms with Gasteiger partial charge in [-0.15, -0.1) is 0 Å². The molecule has 3 heteroatoms. The van der Waals surface area contributed by atoms with Gasteiger partial charge in [0.15, 0.2) is 0 Å². The standard InChI is InChI=1S/C16H23NO2/c1-11-6-7-13(8-12(11)2)10-17-15-5-3-4-14(9-15)16(18)19/h6-8,14-15,17H,3-5,9-10H2,1-2H3,(H,18,19). The molecular formula is C16H23NO2.